The van der Waals surface area contributed by atoms with Crippen molar-refractivity contribution in [3.8, 4) is 28.6 Å². The minimum absolute atomic E-state index is 0.0847. The zero-order valence-electron chi connectivity index (χ0n) is 16.2. The van der Waals surface area contributed by atoms with Crippen LogP contribution in [0, 0.1) is 5.82 Å². The molecule has 0 bridgehead atoms. The first-order chi connectivity index (χ1) is 14.6. The largest absolute Gasteiger partial charge is 0.497 e. The summed E-state index contributed by atoms with van der Waals surface area (Å²) >= 11 is 7.34. The van der Waals surface area contributed by atoms with Crippen LogP contribution in [0.3, 0.4) is 0 Å². The number of hydrogen-bond acceptors (Lipinski definition) is 7. The molecule has 0 spiro atoms. The van der Waals surface area contributed by atoms with Gasteiger partial charge in [0, 0.05) is 17.1 Å². The molecule has 0 amide bonds. The Morgan fingerprint density at radius 3 is 2.63 bits per heavy atom. The van der Waals surface area contributed by atoms with E-state index in [2.05, 4.69) is 20.4 Å². The summed E-state index contributed by atoms with van der Waals surface area (Å²) in [5, 5.41) is 17.6. The van der Waals surface area contributed by atoms with Gasteiger partial charge in [-0.05, 0) is 49.4 Å². The Kier molecular flexibility index (Phi) is 6.01. The summed E-state index contributed by atoms with van der Waals surface area (Å²) in [6.07, 6.45) is 0. The van der Waals surface area contributed by atoms with E-state index < -0.39 is 5.82 Å². The predicted molar refractivity (Wildman–Crippen MR) is 112 cm³/mol. The summed E-state index contributed by atoms with van der Waals surface area (Å²) in [6.45, 7) is 2.71. The van der Waals surface area contributed by atoms with E-state index in [-0.39, 0.29) is 11.5 Å². The van der Waals surface area contributed by atoms with Crippen molar-refractivity contribution in [2.45, 2.75) is 24.4 Å². The van der Waals surface area contributed by atoms with Crippen molar-refractivity contribution in [2.75, 3.05) is 7.11 Å². The molecule has 2 aromatic carbocycles. The van der Waals surface area contributed by atoms with Crippen LogP contribution in [0.5, 0.6) is 5.75 Å². The Balaban J connectivity index is 1.51. The average molecular weight is 446 g/mol. The Hall–Kier alpha value is -2.91. The third-order valence-corrected chi connectivity index (χ3v) is 5.52. The Morgan fingerprint density at radius 2 is 1.90 bits per heavy atom. The van der Waals surface area contributed by atoms with E-state index in [0.717, 1.165) is 22.3 Å². The minimum atomic E-state index is -0.475. The lowest BCUT2D eigenvalue weighted by Gasteiger charge is -2.07. The Morgan fingerprint density at radius 1 is 1.10 bits per heavy atom. The molecule has 0 saturated carbocycles. The van der Waals surface area contributed by atoms with Gasteiger partial charge < -0.3 is 13.7 Å². The van der Waals surface area contributed by atoms with Crippen LogP contribution in [0.1, 0.15) is 12.8 Å². The van der Waals surface area contributed by atoms with E-state index in [1.807, 2.05) is 35.8 Å². The van der Waals surface area contributed by atoms with Crippen LogP contribution in [0.2, 0.25) is 5.02 Å². The molecule has 2 heterocycles. The topological polar surface area (TPSA) is 78.9 Å². The van der Waals surface area contributed by atoms with Crippen LogP contribution in [0.15, 0.2) is 52.0 Å². The number of benzene rings is 2. The van der Waals surface area contributed by atoms with Crippen LogP contribution in [0.25, 0.3) is 22.8 Å². The summed E-state index contributed by atoms with van der Waals surface area (Å²) in [4.78, 5) is 0. The van der Waals surface area contributed by atoms with Crippen molar-refractivity contribution in [3.63, 3.8) is 0 Å². The molecule has 0 fully saturated rings. The van der Waals surface area contributed by atoms with Crippen LogP contribution in [-0.4, -0.2) is 32.1 Å². The summed E-state index contributed by atoms with van der Waals surface area (Å²) in [6, 6.07) is 11.8. The van der Waals surface area contributed by atoms with Gasteiger partial charge in [0.1, 0.15) is 11.6 Å². The maximum atomic E-state index is 14.0. The van der Waals surface area contributed by atoms with Gasteiger partial charge in [0.05, 0.1) is 18.4 Å². The van der Waals surface area contributed by atoms with E-state index in [1.54, 1.807) is 7.11 Å². The first kappa shape index (κ1) is 20.4. The zero-order chi connectivity index (χ0) is 21.1. The first-order valence-electron chi connectivity index (χ1n) is 9.07. The number of halogens is 2. The molecule has 0 aliphatic rings. The summed E-state index contributed by atoms with van der Waals surface area (Å²) in [7, 11) is 1.63. The molecular formula is C20H17ClFN5O2S. The number of rotatable bonds is 7. The van der Waals surface area contributed by atoms with Gasteiger partial charge in [-0.1, -0.05) is 23.4 Å². The highest BCUT2D eigenvalue weighted by atomic mass is 35.5. The second-order valence-electron chi connectivity index (χ2n) is 6.19. The second-order valence-corrected chi connectivity index (χ2v) is 7.57. The van der Waals surface area contributed by atoms with Crippen molar-refractivity contribution in [2.24, 2.45) is 0 Å². The quantitative estimate of drug-likeness (QED) is 0.366. The third-order valence-electron chi connectivity index (χ3n) is 4.33. The fraction of sp³-hybridized carbons (Fsp3) is 0.200. The number of methoxy groups -OCH3 is 1. The van der Waals surface area contributed by atoms with Gasteiger partial charge in [-0.15, -0.1) is 20.4 Å². The minimum Gasteiger partial charge on any atom is -0.497 e. The molecule has 0 radical (unpaired) electrons. The van der Waals surface area contributed by atoms with Gasteiger partial charge in [0.15, 0.2) is 11.0 Å². The molecule has 4 rings (SSSR count). The van der Waals surface area contributed by atoms with Crippen molar-refractivity contribution in [3.05, 3.63) is 59.2 Å². The smallest absolute Gasteiger partial charge is 0.250 e. The molecule has 0 atom stereocenters. The van der Waals surface area contributed by atoms with Crippen molar-refractivity contribution in [1.29, 1.82) is 0 Å². The van der Waals surface area contributed by atoms with E-state index in [9.17, 15) is 4.39 Å². The number of thioether (sulfide) groups is 1. The van der Waals surface area contributed by atoms with E-state index in [0.29, 0.717) is 23.2 Å². The molecule has 10 heteroatoms. The summed E-state index contributed by atoms with van der Waals surface area (Å²) in [5.74, 6) is 1.87. The predicted octanol–water partition coefficient (Wildman–Crippen LogP) is 5.11. The molecular weight excluding hydrogens is 429 g/mol. The molecule has 154 valence electrons. The van der Waals surface area contributed by atoms with Gasteiger partial charge >= 0.3 is 0 Å². The molecule has 0 aliphatic heterocycles. The van der Waals surface area contributed by atoms with E-state index >= 15 is 0 Å². The van der Waals surface area contributed by atoms with Crippen molar-refractivity contribution < 1.29 is 13.5 Å². The standard InChI is InChI=1S/C20H17ClFN5O2S/c1-3-27-18(12-4-7-14(28-2)8-5-12)24-26-20(27)30-11-17-23-25-19(29-17)15-10-13(21)6-9-16(15)22/h4-10H,3,11H2,1-2H3. The van der Waals surface area contributed by atoms with Crippen LogP contribution in [0.4, 0.5) is 4.39 Å². The zero-order valence-corrected chi connectivity index (χ0v) is 17.7. The number of hydrogen-bond donors (Lipinski definition) is 0. The van der Waals surface area contributed by atoms with Crippen LogP contribution < -0.4 is 4.74 Å². The number of nitrogens with zero attached hydrogens (tertiary/aromatic N) is 5. The normalized spacial score (nSPS) is 11.1. The van der Waals surface area contributed by atoms with Gasteiger partial charge in [-0.3, -0.25) is 0 Å². The van der Waals surface area contributed by atoms with Crippen LogP contribution in [-0.2, 0) is 12.3 Å². The third kappa shape index (κ3) is 4.17. The summed E-state index contributed by atoms with van der Waals surface area (Å²) < 4.78 is 26.8. The van der Waals surface area contributed by atoms with Gasteiger partial charge in [-0.25, -0.2) is 4.39 Å². The Labute approximate surface area is 181 Å². The lowest BCUT2D eigenvalue weighted by atomic mass is 10.2. The van der Waals surface area contributed by atoms with Crippen molar-refractivity contribution in [1.82, 2.24) is 25.0 Å². The highest BCUT2D eigenvalue weighted by Gasteiger charge is 2.17. The molecule has 0 aliphatic carbocycles. The highest BCUT2D eigenvalue weighted by molar-refractivity contribution is 7.98. The monoisotopic (exact) mass is 445 g/mol. The molecule has 0 N–H and O–H groups in total. The molecule has 30 heavy (non-hydrogen) atoms. The van der Waals surface area contributed by atoms with Gasteiger partial charge in [-0.2, -0.15) is 0 Å². The van der Waals surface area contributed by atoms with Crippen LogP contribution >= 0.6 is 23.4 Å². The average Bonchev–Trinajstić information content (AvgIpc) is 3.40. The summed E-state index contributed by atoms with van der Waals surface area (Å²) in [5.41, 5.74) is 1.11. The molecule has 2 aromatic heterocycles. The number of aromatic nitrogens is 5. The molecule has 0 saturated heterocycles. The maximum Gasteiger partial charge on any atom is 0.250 e. The SMILES string of the molecule is CCn1c(SCc2nnc(-c3cc(Cl)ccc3F)o2)nnc1-c1ccc(OC)cc1. The maximum absolute atomic E-state index is 14.0. The first-order valence-corrected chi connectivity index (χ1v) is 10.4. The molecule has 4 aromatic rings. The second kappa shape index (κ2) is 8.85. The van der Waals surface area contributed by atoms with Crippen molar-refractivity contribution >= 4 is 23.4 Å². The molecule has 7 nitrogen and oxygen atoms in total. The number of ether oxygens (including phenoxy) is 1. The lowest BCUT2D eigenvalue weighted by molar-refractivity contribution is 0.415. The molecule has 0 unspecified atom stereocenters. The van der Waals surface area contributed by atoms with E-state index in [1.165, 1.54) is 30.0 Å². The van der Waals surface area contributed by atoms with E-state index in [4.69, 9.17) is 20.8 Å². The fourth-order valence-electron chi connectivity index (χ4n) is 2.84. The highest BCUT2D eigenvalue weighted by Crippen LogP contribution is 2.29. The lowest BCUT2D eigenvalue weighted by Crippen LogP contribution is -2.00. The Bertz CT molecular complexity index is 1160. The van der Waals surface area contributed by atoms with Gasteiger partial charge in [0.25, 0.3) is 5.89 Å². The van der Waals surface area contributed by atoms with Gasteiger partial charge in [0.2, 0.25) is 5.89 Å². The fourth-order valence-corrected chi connectivity index (χ4v) is 3.85.